The molecule has 0 atom stereocenters. The highest BCUT2D eigenvalue weighted by Gasteiger charge is 2.37. The number of nitriles is 2. The van der Waals surface area contributed by atoms with E-state index < -0.39 is 0 Å². The van der Waals surface area contributed by atoms with Gasteiger partial charge in [-0.25, -0.2) is 0 Å². The lowest BCUT2D eigenvalue weighted by Gasteiger charge is -2.22. The van der Waals surface area contributed by atoms with Gasteiger partial charge in [0.1, 0.15) is 17.7 Å². The Kier molecular flexibility index (Phi) is 5.51. The highest BCUT2D eigenvalue weighted by atomic mass is 32.2. The number of para-hydroxylation sites is 2. The fraction of sp³-hybridized carbons (Fsp3) is 0.231. The van der Waals surface area contributed by atoms with E-state index in [0.29, 0.717) is 0 Å². The van der Waals surface area contributed by atoms with Gasteiger partial charge in [0.25, 0.3) is 0 Å². The van der Waals surface area contributed by atoms with Crippen molar-refractivity contribution in [2.24, 2.45) is 0 Å². The summed E-state index contributed by atoms with van der Waals surface area (Å²) in [6.45, 7) is 5.99. The first kappa shape index (κ1) is 20.8. The molecule has 5 rings (SSSR count). The SMILES string of the molecule is CCN1/C(=C2\CC/C(=C3\Sc4ccccc4N3CC)C2=C(C#N)C#N)Sc2ccccc21. The number of hydrogen-bond acceptors (Lipinski definition) is 6. The van der Waals surface area contributed by atoms with Crippen molar-refractivity contribution in [2.75, 3.05) is 22.9 Å². The molecule has 1 fully saturated rings. The molecule has 2 aromatic carbocycles. The second-order valence-corrected chi connectivity index (χ2v) is 9.73. The molecular formula is C26H22N4S2. The van der Waals surface area contributed by atoms with E-state index in [0.717, 1.165) is 52.7 Å². The lowest BCUT2D eigenvalue weighted by Crippen LogP contribution is -2.19. The third-order valence-corrected chi connectivity index (χ3v) is 8.52. The van der Waals surface area contributed by atoms with Gasteiger partial charge in [0.15, 0.2) is 0 Å². The number of rotatable bonds is 2. The average Bonchev–Trinajstić information content (AvgIpc) is 3.52. The van der Waals surface area contributed by atoms with E-state index in [9.17, 15) is 10.5 Å². The summed E-state index contributed by atoms with van der Waals surface area (Å²) < 4.78 is 0. The summed E-state index contributed by atoms with van der Waals surface area (Å²) >= 11 is 3.51. The number of allylic oxidation sites excluding steroid dienone is 4. The van der Waals surface area contributed by atoms with Gasteiger partial charge < -0.3 is 9.80 Å². The third-order valence-electron chi connectivity index (χ3n) is 6.07. The highest BCUT2D eigenvalue weighted by Crippen LogP contribution is 2.55. The first-order valence-corrected chi connectivity index (χ1v) is 12.4. The lowest BCUT2D eigenvalue weighted by atomic mass is 10.0. The molecule has 0 unspecified atom stereocenters. The highest BCUT2D eigenvalue weighted by molar-refractivity contribution is 8.04. The van der Waals surface area contributed by atoms with E-state index in [-0.39, 0.29) is 5.57 Å². The van der Waals surface area contributed by atoms with Crippen LogP contribution < -0.4 is 9.80 Å². The quantitative estimate of drug-likeness (QED) is 0.465. The van der Waals surface area contributed by atoms with Gasteiger partial charge in [0.05, 0.1) is 21.4 Å². The average molecular weight is 455 g/mol. The number of benzene rings is 2. The maximum absolute atomic E-state index is 9.88. The van der Waals surface area contributed by atoms with Crippen LogP contribution in [0.3, 0.4) is 0 Å². The molecular weight excluding hydrogens is 432 g/mol. The normalized spacial score (nSPS) is 21.4. The third kappa shape index (κ3) is 3.14. The van der Waals surface area contributed by atoms with Gasteiger partial charge in [-0.15, -0.1) is 0 Å². The minimum atomic E-state index is 0.215. The number of thioether (sulfide) groups is 2. The summed E-state index contributed by atoms with van der Waals surface area (Å²) in [6.07, 6.45) is 1.67. The van der Waals surface area contributed by atoms with Crippen LogP contribution in [0, 0.1) is 22.7 Å². The van der Waals surface area contributed by atoms with Crippen molar-refractivity contribution in [3.8, 4) is 12.1 Å². The molecule has 32 heavy (non-hydrogen) atoms. The first-order valence-electron chi connectivity index (χ1n) is 10.8. The summed E-state index contributed by atoms with van der Waals surface area (Å²) in [5.41, 5.74) is 5.72. The van der Waals surface area contributed by atoms with E-state index in [1.807, 2.05) is 0 Å². The summed E-state index contributed by atoms with van der Waals surface area (Å²) in [7, 11) is 0. The monoisotopic (exact) mass is 454 g/mol. The van der Waals surface area contributed by atoms with Crippen molar-refractivity contribution in [1.82, 2.24) is 0 Å². The van der Waals surface area contributed by atoms with Gasteiger partial charge in [-0.2, -0.15) is 10.5 Å². The Morgan fingerprint density at radius 1 is 0.781 bits per heavy atom. The van der Waals surface area contributed by atoms with Crippen LogP contribution in [-0.4, -0.2) is 13.1 Å². The number of anilines is 2. The van der Waals surface area contributed by atoms with Gasteiger partial charge in [0.2, 0.25) is 0 Å². The van der Waals surface area contributed by atoms with Crippen molar-refractivity contribution in [3.63, 3.8) is 0 Å². The molecule has 0 spiro atoms. The Morgan fingerprint density at radius 3 is 1.62 bits per heavy atom. The Bertz CT molecular complexity index is 1190. The smallest absolute Gasteiger partial charge is 0.137 e. The molecule has 0 saturated heterocycles. The molecule has 0 aromatic heterocycles. The molecule has 2 heterocycles. The van der Waals surface area contributed by atoms with Crippen molar-refractivity contribution in [2.45, 2.75) is 36.5 Å². The molecule has 0 radical (unpaired) electrons. The lowest BCUT2D eigenvalue weighted by molar-refractivity contribution is 0.959. The van der Waals surface area contributed by atoms with Gasteiger partial charge in [-0.1, -0.05) is 47.8 Å². The van der Waals surface area contributed by atoms with Crippen LogP contribution in [0.2, 0.25) is 0 Å². The molecule has 2 aliphatic heterocycles. The van der Waals surface area contributed by atoms with Crippen LogP contribution in [0.1, 0.15) is 26.7 Å². The largest absolute Gasteiger partial charge is 0.335 e. The van der Waals surface area contributed by atoms with Crippen molar-refractivity contribution < 1.29 is 0 Å². The minimum absolute atomic E-state index is 0.215. The molecule has 0 N–H and O–H groups in total. The molecule has 0 amide bonds. The standard InChI is InChI=1S/C26H22N4S2/c1-3-29-20-9-5-7-11-22(20)31-25(29)18-13-14-19(24(18)17(15-27)16-28)26-30(4-2)21-10-6-8-12-23(21)32-26/h5-12H,3-4,13-14H2,1-2H3/b25-18-,26-19+. The predicted molar refractivity (Wildman–Crippen MR) is 132 cm³/mol. The molecule has 0 bridgehead atoms. The van der Waals surface area contributed by atoms with Crippen molar-refractivity contribution >= 4 is 34.9 Å². The molecule has 1 saturated carbocycles. The summed E-state index contributed by atoms with van der Waals surface area (Å²) in [6, 6.07) is 21.2. The van der Waals surface area contributed by atoms with E-state index in [4.69, 9.17) is 0 Å². The summed E-state index contributed by atoms with van der Waals surface area (Å²) in [5, 5.41) is 22.1. The van der Waals surface area contributed by atoms with E-state index >= 15 is 0 Å². The van der Waals surface area contributed by atoms with E-state index in [1.165, 1.54) is 21.2 Å². The zero-order valence-corrected chi connectivity index (χ0v) is 19.7. The van der Waals surface area contributed by atoms with Crippen LogP contribution in [0.25, 0.3) is 0 Å². The Balaban J connectivity index is 1.71. The van der Waals surface area contributed by atoms with Gasteiger partial charge in [-0.05, 0) is 62.1 Å². The second kappa shape index (κ2) is 8.47. The van der Waals surface area contributed by atoms with Crippen LogP contribution in [0.4, 0.5) is 11.4 Å². The fourth-order valence-corrected chi connectivity index (χ4v) is 7.30. The van der Waals surface area contributed by atoms with Crippen LogP contribution >= 0.6 is 23.5 Å². The van der Waals surface area contributed by atoms with E-state index in [2.05, 4.69) is 84.3 Å². The predicted octanol–water partition coefficient (Wildman–Crippen LogP) is 6.81. The maximum Gasteiger partial charge on any atom is 0.137 e. The Hall–Kier alpha value is -3.06. The van der Waals surface area contributed by atoms with Crippen LogP contribution in [-0.2, 0) is 0 Å². The van der Waals surface area contributed by atoms with Gasteiger partial charge >= 0.3 is 0 Å². The second-order valence-electron chi connectivity index (χ2n) is 7.67. The molecule has 6 heteroatoms. The topological polar surface area (TPSA) is 54.1 Å². The maximum atomic E-state index is 9.88. The summed E-state index contributed by atoms with van der Waals surface area (Å²) in [5.74, 6) is 0. The van der Waals surface area contributed by atoms with Crippen LogP contribution in [0.5, 0.6) is 0 Å². The number of hydrogen-bond donors (Lipinski definition) is 0. The fourth-order valence-electron chi connectivity index (χ4n) is 4.70. The van der Waals surface area contributed by atoms with Gasteiger partial charge in [-0.3, -0.25) is 0 Å². The number of nitrogens with zero attached hydrogens (tertiary/aromatic N) is 4. The van der Waals surface area contributed by atoms with Gasteiger partial charge in [0, 0.05) is 28.5 Å². The number of fused-ring (bicyclic) bond motifs is 2. The summed E-state index contributed by atoms with van der Waals surface area (Å²) in [4.78, 5) is 7.10. The van der Waals surface area contributed by atoms with Crippen molar-refractivity contribution in [1.29, 1.82) is 10.5 Å². The molecule has 3 aliphatic rings. The van der Waals surface area contributed by atoms with Crippen LogP contribution in [0.15, 0.2) is 90.7 Å². The molecule has 2 aromatic rings. The Morgan fingerprint density at radius 2 is 1.22 bits per heavy atom. The zero-order chi connectivity index (χ0) is 22.2. The van der Waals surface area contributed by atoms with E-state index in [1.54, 1.807) is 23.5 Å². The molecule has 4 nitrogen and oxygen atoms in total. The first-order chi connectivity index (χ1) is 15.7. The molecule has 158 valence electrons. The molecule has 1 aliphatic carbocycles. The minimum Gasteiger partial charge on any atom is -0.335 e. The van der Waals surface area contributed by atoms with Crippen molar-refractivity contribution in [3.05, 3.63) is 80.9 Å². The zero-order valence-electron chi connectivity index (χ0n) is 18.1. The Labute approximate surface area is 197 Å².